The van der Waals surface area contributed by atoms with Gasteiger partial charge in [0.2, 0.25) is 5.91 Å². The second kappa shape index (κ2) is 7.83. The van der Waals surface area contributed by atoms with Crippen molar-refractivity contribution in [2.75, 3.05) is 31.6 Å². The van der Waals surface area contributed by atoms with Crippen LogP contribution in [0.15, 0.2) is 18.2 Å². The Morgan fingerprint density at radius 3 is 2.67 bits per heavy atom. The van der Waals surface area contributed by atoms with Crippen molar-refractivity contribution in [2.45, 2.75) is 44.2 Å². The third kappa shape index (κ3) is 4.85. The number of benzene rings is 1. The molecule has 1 unspecified atom stereocenters. The molecule has 1 atom stereocenters. The van der Waals surface area contributed by atoms with Crippen molar-refractivity contribution in [1.29, 1.82) is 0 Å². The molecule has 0 aliphatic carbocycles. The number of sulfone groups is 1. The van der Waals surface area contributed by atoms with Gasteiger partial charge >= 0.3 is 0 Å². The Labute approximate surface area is 159 Å². The molecule has 0 saturated carbocycles. The summed E-state index contributed by atoms with van der Waals surface area (Å²) in [5, 5.41) is 0. The lowest BCUT2D eigenvalue weighted by Gasteiger charge is -2.38. The third-order valence-electron chi connectivity index (χ3n) is 5.78. The number of carbonyl (C=O) groups excluding carboxylic acids is 1. The van der Waals surface area contributed by atoms with Crippen molar-refractivity contribution >= 4 is 15.7 Å². The van der Waals surface area contributed by atoms with E-state index < -0.39 is 21.5 Å². The van der Waals surface area contributed by atoms with E-state index in [-0.39, 0.29) is 23.7 Å². The van der Waals surface area contributed by atoms with E-state index in [1.54, 1.807) is 4.90 Å². The molecule has 0 radical (unpaired) electrons. The summed E-state index contributed by atoms with van der Waals surface area (Å²) in [4.78, 5) is 16.2. The van der Waals surface area contributed by atoms with Gasteiger partial charge in [0.25, 0.3) is 0 Å². The van der Waals surface area contributed by atoms with Crippen LogP contribution in [-0.4, -0.2) is 61.3 Å². The summed E-state index contributed by atoms with van der Waals surface area (Å²) >= 11 is 0. The Bertz CT molecular complexity index is 815. The zero-order valence-electron chi connectivity index (χ0n) is 15.6. The maximum absolute atomic E-state index is 13.9. The van der Waals surface area contributed by atoms with Gasteiger partial charge in [-0.05, 0) is 50.4 Å². The quantitative estimate of drug-likeness (QED) is 0.761. The fourth-order valence-corrected chi connectivity index (χ4v) is 4.83. The van der Waals surface area contributed by atoms with Gasteiger partial charge in [-0.25, -0.2) is 17.2 Å². The molecule has 27 heavy (non-hydrogen) atoms. The lowest BCUT2D eigenvalue weighted by atomic mass is 9.88. The monoisotopic (exact) mass is 400 g/mol. The van der Waals surface area contributed by atoms with Gasteiger partial charge < -0.3 is 4.90 Å². The summed E-state index contributed by atoms with van der Waals surface area (Å²) in [5.74, 6) is -0.880. The fourth-order valence-electron chi connectivity index (χ4n) is 4.31. The van der Waals surface area contributed by atoms with E-state index in [1.165, 1.54) is 12.3 Å². The van der Waals surface area contributed by atoms with Crippen molar-refractivity contribution in [3.63, 3.8) is 0 Å². The van der Waals surface area contributed by atoms with Crippen LogP contribution < -0.4 is 0 Å². The largest absolute Gasteiger partial charge is 0.336 e. The van der Waals surface area contributed by atoms with Crippen molar-refractivity contribution in [3.05, 3.63) is 35.4 Å². The van der Waals surface area contributed by atoms with Gasteiger partial charge in [-0.3, -0.25) is 9.69 Å². The predicted molar refractivity (Wildman–Crippen MR) is 98.9 cm³/mol. The van der Waals surface area contributed by atoms with Gasteiger partial charge in [0.15, 0.2) is 0 Å². The molecule has 2 aliphatic rings. The second-order valence-electron chi connectivity index (χ2n) is 7.77. The first kappa shape index (κ1) is 20.2. The van der Waals surface area contributed by atoms with Gasteiger partial charge in [0.05, 0.1) is 5.75 Å². The minimum Gasteiger partial charge on any atom is -0.336 e. The summed E-state index contributed by atoms with van der Waals surface area (Å²) in [5.41, 5.74) is 0.0270. The van der Waals surface area contributed by atoms with Crippen LogP contribution in [-0.2, 0) is 21.2 Å². The molecule has 1 spiro atoms. The predicted octanol–water partition coefficient (Wildman–Crippen LogP) is 2.36. The summed E-state index contributed by atoms with van der Waals surface area (Å²) in [6, 6.07) is 3.49. The molecule has 3 rings (SSSR count). The number of nitrogens with zero attached hydrogens (tertiary/aromatic N) is 2. The zero-order valence-corrected chi connectivity index (χ0v) is 16.4. The maximum atomic E-state index is 13.9. The first-order valence-corrected chi connectivity index (χ1v) is 11.4. The number of amides is 1. The molecule has 2 heterocycles. The molecule has 1 amide bonds. The average molecular weight is 400 g/mol. The van der Waals surface area contributed by atoms with Crippen LogP contribution in [0.5, 0.6) is 0 Å². The fraction of sp³-hybridized carbons (Fsp3) is 0.632. The molecule has 0 N–H and O–H groups in total. The third-order valence-corrected chi connectivity index (χ3v) is 6.70. The van der Waals surface area contributed by atoms with Crippen LogP contribution in [0.4, 0.5) is 8.78 Å². The maximum Gasteiger partial charge on any atom is 0.223 e. The van der Waals surface area contributed by atoms with Gasteiger partial charge in [-0.1, -0.05) is 0 Å². The zero-order chi connectivity index (χ0) is 19.7. The van der Waals surface area contributed by atoms with E-state index in [0.717, 1.165) is 44.4 Å². The Balaban J connectivity index is 1.69. The van der Waals surface area contributed by atoms with E-state index in [0.29, 0.717) is 25.1 Å². The number of hydrogen-bond acceptors (Lipinski definition) is 4. The SMILES string of the molecule is CS(=O)(=O)CCN1C(=O)CCC12CCCN(Cc1cc(F)ccc1F)CC2. The van der Waals surface area contributed by atoms with E-state index in [9.17, 15) is 22.0 Å². The van der Waals surface area contributed by atoms with Gasteiger partial charge in [-0.2, -0.15) is 0 Å². The van der Waals surface area contributed by atoms with Gasteiger partial charge in [0, 0.05) is 43.4 Å². The standard InChI is InChI=1S/C19H26F2N2O3S/c1-27(25,26)12-11-23-18(24)5-7-19(23)6-2-9-22(10-8-19)14-15-13-16(20)3-4-17(15)21/h3-4,13H,2,5-12,14H2,1H3. The highest BCUT2D eigenvalue weighted by Gasteiger charge is 2.45. The van der Waals surface area contributed by atoms with Crippen LogP contribution in [0.3, 0.4) is 0 Å². The van der Waals surface area contributed by atoms with Gasteiger partial charge in [0.1, 0.15) is 21.5 Å². The van der Waals surface area contributed by atoms with E-state index >= 15 is 0 Å². The highest BCUT2D eigenvalue weighted by molar-refractivity contribution is 7.90. The molecule has 5 nitrogen and oxygen atoms in total. The number of carbonyl (C=O) groups is 1. The summed E-state index contributed by atoms with van der Waals surface area (Å²) in [6.07, 6.45) is 4.73. The summed E-state index contributed by atoms with van der Waals surface area (Å²) in [6.45, 7) is 1.97. The van der Waals surface area contributed by atoms with E-state index in [4.69, 9.17) is 0 Å². The average Bonchev–Trinajstić information content (AvgIpc) is 2.75. The molecule has 2 saturated heterocycles. The number of rotatable bonds is 5. The highest BCUT2D eigenvalue weighted by atomic mass is 32.2. The summed E-state index contributed by atoms with van der Waals surface area (Å²) in [7, 11) is -3.14. The van der Waals surface area contributed by atoms with Crippen LogP contribution in [0, 0.1) is 11.6 Å². The Kier molecular flexibility index (Phi) is 5.86. The minimum absolute atomic E-state index is 0.0169. The topological polar surface area (TPSA) is 57.7 Å². The van der Waals surface area contributed by atoms with Crippen LogP contribution in [0.25, 0.3) is 0 Å². The molecular weight excluding hydrogens is 374 g/mol. The molecule has 0 bridgehead atoms. The molecule has 1 aromatic rings. The molecule has 2 fully saturated rings. The normalized spacial score (nSPS) is 24.6. The Hall–Kier alpha value is -1.54. The van der Waals surface area contributed by atoms with Crippen molar-refractivity contribution in [2.24, 2.45) is 0 Å². The number of hydrogen-bond donors (Lipinski definition) is 0. The van der Waals surface area contributed by atoms with Crippen LogP contribution in [0.2, 0.25) is 0 Å². The molecule has 0 aromatic heterocycles. The van der Waals surface area contributed by atoms with Crippen LogP contribution in [0.1, 0.15) is 37.7 Å². The van der Waals surface area contributed by atoms with E-state index in [1.807, 2.05) is 0 Å². The first-order valence-electron chi connectivity index (χ1n) is 9.33. The molecule has 2 aliphatic heterocycles. The lowest BCUT2D eigenvalue weighted by Crippen LogP contribution is -2.48. The van der Waals surface area contributed by atoms with Crippen molar-refractivity contribution < 1.29 is 22.0 Å². The summed E-state index contributed by atoms with van der Waals surface area (Å²) < 4.78 is 50.4. The first-order chi connectivity index (χ1) is 12.7. The minimum atomic E-state index is -3.14. The van der Waals surface area contributed by atoms with Crippen molar-refractivity contribution in [3.8, 4) is 0 Å². The molecule has 150 valence electrons. The smallest absolute Gasteiger partial charge is 0.223 e. The highest BCUT2D eigenvalue weighted by Crippen LogP contribution is 2.39. The molecular formula is C19H26F2N2O3S. The molecule has 8 heteroatoms. The number of halogens is 2. The Morgan fingerprint density at radius 1 is 1.15 bits per heavy atom. The molecule has 1 aromatic carbocycles. The van der Waals surface area contributed by atoms with Crippen LogP contribution >= 0.6 is 0 Å². The lowest BCUT2D eigenvalue weighted by molar-refractivity contribution is -0.131. The van der Waals surface area contributed by atoms with Gasteiger partial charge in [-0.15, -0.1) is 0 Å². The second-order valence-corrected chi connectivity index (χ2v) is 10.0. The van der Waals surface area contributed by atoms with Crippen molar-refractivity contribution in [1.82, 2.24) is 9.80 Å². The Morgan fingerprint density at radius 2 is 1.93 bits per heavy atom. The van der Waals surface area contributed by atoms with E-state index in [2.05, 4.69) is 4.90 Å². The number of likely N-dealkylation sites (tertiary alicyclic amines) is 2.